The zero-order valence-electron chi connectivity index (χ0n) is 16.6. The predicted octanol–water partition coefficient (Wildman–Crippen LogP) is 1.10. The van der Waals surface area contributed by atoms with Gasteiger partial charge in [-0.2, -0.15) is 0 Å². The highest BCUT2D eigenvalue weighted by molar-refractivity contribution is 5.73. The largest absolute Gasteiger partial charge is 0.396 e. The monoisotopic (exact) mass is 375 g/mol. The van der Waals surface area contributed by atoms with Crippen LogP contribution in [0.15, 0.2) is 24.3 Å². The van der Waals surface area contributed by atoms with Gasteiger partial charge in [0.15, 0.2) is 0 Å². The number of β-amino-alcohol motifs (C(OH)–C–C–N with tert-alkyl or cyclic N) is 1. The quantitative estimate of drug-likeness (QED) is 0.825. The zero-order valence-corrected chi connectivity index (χ0v) is 16.6. The van der Waals surface area contributed by atoms with Crippen molar-refractivity contribution in [3.8, 4) is 0 Å². The van der Waals surface area contributed by atoms with Crippen LogP contribution in [0, 0.1) is 12.8 Å². The molecule has 2 fully saturated rings. The predicted molar refractivity (Wildman–Crippen MR) is 107 cm³/mol. The summed E-state index contributed by atoms with van der Waals surface area (Å²) < 4.78 is 0. The summed E-state index contributed by atoms with van der Waals surface area (Å²) in [5.74, 6) is 0.104. The van der Waals surface area contributed by atoms with E-state index in [1.165, 1.54) is 11.3 Å². The van der Waals surface area contributed by atoms with Gasteiger partial charge in [-0.15, -0.1) is 0 Å². The molecule has 1 atom stereocenters. The number of hydrogen-bond acceptors (Lipinski definition) is 5. The number of hydrogen-bond donors (Lipinski definition) is 2. The summed E-state index contributed by atoms with van der Waals surface area (Å²) in [6, 6.07) is 8.51. The second-order valence-electron chi connectivity index (χ2n) is 8.30. The first-order valence-electron chi connectivity index (χ1n) is 10.0. The summed E-state index contributed by atoms with van der Waals surface area (Å²) in [5, 5.41) is 20.8. The number of carbonyl (C=O) groups is 1. The van der Waals surface area contributed by atoms with E-state index in [1.807, 2.05) is 4.90 Å². The molecule has 1 amide bonds. The van der Waals surface area contributed by atoms with Crippen LogP contribution in [0.3, 0.4) is 0 Å². The van der Waals surface area contributed by atoms with Crippen LogP contribution < -0.4 is 4.90 Å². The highest BCUT2D eigenvalue weighted by Crippen LogP contribution is 2.28. The molecule has 2 N–H and O–H groups in total. The molecule has 2 saturated heterocycles. The Morgan fingerprint density at radius 3 is 2.56 bits per heavy atom. The van der Waals surface area contributed by atoms with Gasteiger partial charge in [0.1, 0.15) is 0 Å². The van der Waals surface area contributed by atoms with Gasteiger partial charge in [0, 0.05) is 70.9 Å². The molecule has 6 heteroatoms. The lowest BCUT2D eigenvalue weighted by molar-refractivity contribution is -0.129. The molecule has 2 aliphatic heterocycles. The molecule has 150 valence electrons. The molecule has 2 heterocycles. The van der Waals surface area contributed by atoms with Crippen molar-refractivity contribution in [2.75, 3.05) is 57.3 Å². The van der Waals surface area contributed by atoms with Crippen LogP contribution in [0.2, 0.25) is 0 Å². The minimum atomic E-state index is -0.703. The van der Waals surface area contributed by atoms with Crippen LogP contribution in [0.1, 0.15) is 25.3 Å². The van der Waals surface area contributed by atoms with Gasteiger partial charge in [-0.25, -0.2) is 0 Å². The van der Waals surface area contributed by atoms with E-state index >= 15 is 0 Å². The van der Waals surface area contributed by atoms with Gasteiger partial charge >= 0.3 is 0 Å². The summed E-state index contributed by atoms with van der Waals surface area (Å²) in [7, 11) is 0. The molecule has 6 nitrogen and oxygen atoms in total. The van der Waals surface area contributed by atoms with Crippen LogP contribution in [-0.4, -0.2) is 83.9 Å². The number of rotatable bonds is 4. The number of benzene rings is 1. The molecule has 3 rings (SSSR count). The van der Waals surface area contributed by atoms with Crippen molar-refractivity contribution in [3.63, 3.8) is 0 Å². The fourth-order valence-corrected chi connectivity index (χ4v) is 4.30. The standard InChI is InChI=1S/C21H33N3O3/c1-17-4-3-5-20(12-17)23-8-6-21(27,7-9-23)16-22-10-11-24(18(2)26)14-19(13-22)15-25/h3-5,12,19,25,27H,6-11,13-16H2,1-2H3/t19-/m1/s1. The smallest absolute Gasteiger partial charge is 0.219 e. The Labute approximate surface area is 162 Å². The molecule has 2 aliphatic rings. The third-order valence-electron chi connectivity index (χ3n) is 5.96. The van der Waals surface area contributed by atoms with Crippen molar-refractivity contribution in [2.45, 2.75) is 32.3 Å². The van der Waals surface area contributed by atoms with Crippen LogP contribution >= 0.6 is 0 Å². The highest BCUT2D eigenvalue weighted by Gasteiger charge is 2.35. The van der Waals surface area contributed by atoms with Gasteiger partial charge in [-0.3, -0.25) is 9.69 Å². The number of anilines is 1. The molecule has 0 radical (unpaired) electrons. The third-order valence-corrected chi connectivity index (χ3v) is 5.96. The molecule has 0 bridgehead atoms. The van der Waals surface area contributed by atoms with Crippen LogP contribution in [0.25, 0.3) is 0 Å². The van der Waals surface area contributed by atoms with Crippen LogP contribution in [-0.2, 0) is 4.79 Å². The van der Waals surface area contributed by atoms with E-state index in [0.29, 0.717) is 19.6 Å². The minimum absolute atomic E-state index is 0.0485. The van der Waals surface area contributed by atoms with Crippen molar-refractivity contribution in [1.82, 2.24) is 9.80 Å². The molecular weight excluding hydrogens is 342 g/mol. The van der Waals surface area contributed by atoms with E-state index in [0.717, 1.165) is 39.0 Å². The Morgan fingerprint density at radius 2 is 1.93 bits per heavy atom. The van der Waals surface area contributed by atoms with Crippen molar-refractivity contribution >= 4 is 11.6 Å². The third kappa shape index (κ3) is 5.21. The summed E-state index contributed by atoms with van der Waals surface area (Å²) in [6.07, 6.45) is 1.47. The Hall–Kier alpha value is -1.63. The van der Waals surface area contributed by atoms with Crippen LogP contribution in [0.4, 0.5) is 5.69 Å². The van der Waals surface area contributed by atoms with Crippen LogP contribution in [0.5, 0.6) is 0 Å². The fourth-order valence-electron chi connectivity index (χ4n) is 4.30. The van der Waals surface area contributed by atoms with Gasteiger partial charge in [-0.1, -0.05) is 12.1 Å². The van der Waals surface area contributed by atoms with Crippen molar-refractivity contribution in [3.05, 3.63) is 29.8 Å². The maximum atomic E-state index is 11.7. The Kier molecular flexibility index (Phi) is 6.40. The van der Waals surface area contributed by atoms with Gasteiger partial charge in [0.25, 0.3) is 0 Å². The topological polar surface area (TPSA) is 67.2 Å². The Balaban J connectivity index is 1.58. The summed E-state index contributed by atoms with van der Waals surface area (Å²) >= 11 is 0. The number of aryl methyl sites for hydroxylation is 1. The second kappa shape index (κ2) is 8.59. The average Bonchev–Trinajstić information content (AvgIpc) is 2.84. The first-order valence-corrected chi connectivity index (χ1v) is 10.0. The van der Waals surface area contributed by atoms with Gasteiger partial charge in [-0.05, 0) is 37.5 Å². The molecule has 27 heavy (non-hydrogen) atoms. The number of nitrogens with zero attached hydrogens (tertiary/aromatic N) is 3. The summed E-state index contributed by atoms with van der Waals surface area (Å²) in [5.41, 5.74) is 1.78. The van der Waals surface area contributed by atoms with Gasteiger partial charge in [0.2, 0.25) is 5.91 Å². The Bertz CT molecular complexity index is 643. The first kappa shape index (κ1) is 20.1. The van der Waals surface area contributed by atoms with E-state index < -0.39 is 5.60 Å². The van der Waals surface area contributed by atoms with Gasteiger partial charge < -0.3 is 20.0 Å². The van der Waals surface area contributed by atoms with E-state index in [4.69, 9.17) is 0 Å². The summed E-state index contributed by atoms with van der Waals surface area (Å²) in [4.78, 5) is 18.1. The van der Waals surface area contributed by atoms with Gasteiger partial charge in [0.05, 0.1) is 5.60 Å². The molecule has 1 aromatic carbocycles. The van der Waals surface area contributed by atoms with Crippen molar-refractivity contribution in [2.24, 2.45) is 5.92 Å². The number of aliphatic hydroxyl groups is 2. The lowest BCUT2D eigenvalue weighted by atomic mass is 9.90. The molecule has 0 aromatic heterocycles. The lowest BCUT2D eigenvalue weighted by Gasteiger charge is -2.42. The Morgan fingerprint density at radius 1 is 1.19 bits per heavy atom. The molecule has 0 saturated carbocycles. The maximum absolute atomic E-state index is 11.7. The second-order valence-corrected chi connectivity index (χ2v) is 8.30. The lowest BCUT2D eigenvalue weighted by Crippen LogP contribution is -2.52. The number of aliphatic hydroxyl groups excluding tert-OH is 1. The van der Waals surface area contributed by atoms with E-state index in [9.17, 15) is 15.0 Å². The molecule has 0 unspecified atom stereocenters. The molecular formula is C21H33N3O3. The highest BCUT2D eigenvalue weighted by atomic mass is 16.3. The van der Waals surface area contributed by atoms with E-state index in [2.05, 4.69) is 41.0 Å². The summed E-state index contributed by atoms with van der Waals surface area (Å²) in [6.45, 7) is 8.79. The van der Waals surface area contributed by atoms with Crippen molar-refractivity contribution in [1.29, 1.82) is 0 Å². The number of amides is 1. The fraction of sp³-hybridized carbons (Fsp3) is 0.667. The normalized spacial score (nSPS) is 23.9. The SMILES string of the molecule is CC(=O)N1CCN(CC2(O)CCN(c3cccc(C)c3)CC2)C[C@@H](CO)C1. The first-order chi connectivity index (χ1) is 12.9. The minimum Gasteiger partial charge on any atom is -0.396 e. The van der Waals surface area contributed by atoms with E-state index in [-0.39, 0.29) is 18.4 Å². The maximum Gasteiger partial charge on any atom is 0.219 e. The zero-order chi connectivity index (χ0) is 19.4. The molecule has 0 aliphatic carbocycles. The number of carbonyl (C=O) groups excluding carboxylic acids is 1. The molecule has 1 aromatic rings. The van der Waals surface area contributed by atoms with E-state index in [1.54, 1.807) is 6.92 Å². The number of piperidine rings is 1. The van der Waals surface area contributed by atoms with Crippen molar-refractivity contribution < 1.29 is 15.0 Å². The molecule has 0 spiro atoms. The average molecular weight is 376 g/mol.